The Balaban J connectivity index is 3.16. The zero-order valence-corrected chi connectivity index (χ0v) is 10.1. The summed E-state index contributed by atoms with van der Waals surface area (Å²) < 4.78 is 37.2. The third-order valence-corrected chi connectivity index (χ3v) is 2.35. The molecule has 0 spiro atoms. The fourth-order valence-corrected chi connectivity index (χ4v) is 1.48. The molecular formula is C10H10ClF3N2O2. The first-order valence-electron chi connectivity index (χ1n) is 5.05. The van der Waals surface area contributed by atoms with Crippen molar-refractivity contribution in [2.75, 3.05) is 6.54 Å². The molecule has 100 valence electrons. The molecule has 0 fully saturated rings. The maximum Gasteiger partial charge on any atom is 0.432 e. The highest BCUT2D eigenvalue weighted by atomic mass is 35.5. The Bertz CT molecular complexity index is 511. The summed E-state index contributed by atoms with van der Waals surface area (Å²) >= 11 is 5.39. The van der Waals surface area contributed by atoms with Crippen LogP contribution in [0.4, 0.5) is 13.2 Å². The minimum Gasteiger partial charge on any atom is -0.352 e. The molecule has 1 amide bonds. The second kappa shape index (κ2) is 5.43. The average molecular weight is 283 g/mol. The van der Waals surface area contributed by atoms with E-state index < -0.39 is 33.9 Å². The Morgan fingerprint density at radius 1 is 1.50 bits per heavy atom. The number of carbonyl (C=O) groups excluding carboxylic acids is 1. The van der Waals surface area contributed by atoms with Gasteiger partial charge in [-0.3, -0.25) is 9.59 Å². The molecule has 0 unspecified atom stereocenters. The van der Waals surface area contributed by atoms with Crippen LogP contribution in [0.15, 0.2) is 10.9 Å². The quantitative estimate of drug-likeness (QED) is 0.893. The van der Waals surface area contributed by atoms with Crippen LogP contribution < -0.4 is 10.9 Å². The summed E-state index contributed by atoms with van der Waals surface area (Å²) in [5, 5.41) is 1.66. The molecule has 1 heterocycles. The fourth-order valence-electron chi connectivity index (χ4n) is 1.21. The van der Waals surface area contributed by atoms with E-state index in [1.807, 2.05) is 0 Å². The zero-order chi connectivity index (χ0) is 13.9. The molecule has 0 aliphatic rings. The van der Waals surface area contributed by atoms with Crippen molar-refractivity contribution in [3.8, 4) is 0 Å². The lowest BCUT2D eigenvalue weighted by atomic mass is 10.2. The van der Waals surface area contributed by atoms with Gasteiger partial charge in [-0.1, -0.05) is 18.5 Å². The van der Waals surface area contributed by atoms with E-state index in [0.717, 1.165) is 0 Å². The Labute approximate surface area is 105 Å². The first kappa shape index (κ1) is 14.6. The van der Waals surface area contributed by atoms with Gasteiger partial charge in [0.15, 0.2) is 0 Å². The molecule has 0 radical (unpaired) electrons. The maximum absolute atomic E-state index is 12.4. The predicted octanol–water partition coefficient (Wildman–Crippen LogP) is 2.19. The molecule has 1 rings (SSSR count). The Kier molecular flexibility index (Phi) is 4.39. The number of pyridine rings is 1. The normalized spacial score (nSPS) is 11.4. The van der Waals surface area contributed by atoms with E-state index in [2.05, 4.69) is 5.32 Å². The maximum atomic E-state index is 12.4. The summed E-state index contributed by atoms with van der Waals surface area (Å²) in [7, 11) is 0. The highest BCUT2D eigenvalue weighted by Gasteiger charge is 2.35. The van der Waals surface area contributed by atoms with Gasteiger partial charge in [-0.2, -0.15) is 13.2 Å². The van der Waals surface area contributed by atoms with Gasteiger partial charge >= 0.3 is 6.18 Å². The minimum atomic E-state index is -4.77. The topological polar surface area (TPSA) is 62.0 Å². The van der Waals surface area contributed by atoms with Gasteiger partial charge in [0.05, 0.1) is 5.02 Å². The van der Waals surface area contributed by atoms with E-state index in [1.54, 1.807) is 11.9 Å². The molecule has 0 aliphatic carbocycles. The molecule has 8 heteroatoms. The number of carbonyl (C=O) groups is 1. The largest absolute Gasteiger partial charge is 0.432 e. The van der Waals surface area contributed by atoms with Crippen molar-refractivity contribution in [3.05, 3.63) is 32.7 Å². The third-order valence-electron chi connectivity index (χ3n) is 2.06. The van der Waals surface area contributed by atoms with Crippen molar-refractivity contribution >= 4 is 17.5 Å². The Morgan fingerprint density at radius 3 is 2.61 bits per heavy atom. The van der Waals surface area contributed by atoms with Gasteiger partial charge in [-0.05, 0) is 12.5 Å². The lowest BCUT2D eigenvalue weighted by Gasteiger charge is -2.09. The van der Waals surface area contributed by atoms with Crippen molar-refractivity contribution in [3.63, 3.8) is 0 Å². The van der Waals surface area contributed by atoms with Gasteiger partial charge in [-0.15, -0.1) is 0 Å². The van der Waals surface area contributed by atoms with E-state index in [4.69, 9.17) is 11.6 Å². The van der Waals surface area contributed by atoms with Crippen molar-refractivity contribution < 1.29 is 18.0 Å². The molecule has 1 aromatic heterocycles. The number of hydrogen-bond acceptors (Lipinski definition) is 2. The molecule has 2 N–H and O–H groups in total. The molecule has 18 heavy (non-hydrogen) atoms. The van der Waals surface area contributed by atoms with Crippen molar-refractivity contribution in [2.24, 2.45) is 0 Å². The lowest BCUT2D eigenvalue weighted by Crippen LogP contribution is -2.31. The average Bonchev–Trinajstić information content (AvgIpc) is 2.27. The number of halogens is 4. The molecule has 0 aromatic carbocycles. The summed E-state index contributed by atoms with van der Waals surface area (Å²) in [6.07, 6.45) is -4.13. The highest BCUT2D eigenvalue weighted by molar-refractivity contribution is 6.31. The first-order valence-corrected chi connectivity index (χ1v) is 5.43. The number of rotatable bonds is 3. The summed E-state index contributed by atoms with van der Waals surface area (Å²) in [6.45, 7) is 2.11. The first-order chi connectivity index (χ1) is 8.27. The van der Waals surface area contributed by atoms with Crippen LogP contribution in [0, 0.1) is 0 Å². The van der Waals surface area contributed by atoms with Crippen LogP contribution in [0.3, 0.4) is 0 Å². The lowest BCUT2D eigenvalue weighted by molar-refractivity contribution is -0.141. The van der Waals surface area contributed by atoms with Crippen LogP contribution in [-0.2, 0) is 6.18 Å². The SMILES string of the molecule is CCCNC(=O)c1cc(Cl)c(C(F)(F)F)[nH]c1=O. The standard InChI is InChI=1S/C10H10ClF3N2O2/c1-2-3-15-8(17)5-4-6(11)7(10(12,13)14)16-9(5)18/h4H,2-3H2,1H3,(H,15,17)(H,16,18). The van der Waals surface area contributed by atoms with Crippen molar-refractivity contribution in [1.29, 1.82) is 0 Å². The van der Waals surface area contributed by atoms with Crippen LogP contribution in [0.1, 0.15) is 29.4 Å². The molecule has 0 atom stereocenters. The van der Waals surface area contributed by atoms with Crippen LogP contribution in [-0.4, -0.2) is 17.4 Å². The summed E-state index contributed by atoms with van der Waals surface area (Å²) in [4.78, 5) is 24.4. The van der Waals surface area contributed by atoms with E-state index in [-0.39, 0.29) is 0 Å². The smallest absolute Gasteiger partial charge is 0.352 e. The van der Waals surface area contributed by atoms with E-state index >= 15 is 0 Å². The number of H-pyrrole nitrogens is 1. The highest BCUT2D eigenvalue weighted by Crippen LogP contribution is 2.32. The van der Waals surface area contributed by atoms with Gasteiger partial charge in [0, 0.05) is 6.54 Å². The van der Waals surface area contributed by atoms with E-state index in [1.165, 1.54) is 0 Å². The zero-order valence-electron chi connectivity index (χ0n) is 9.32. The Morgan fingerprint density at radius 2 is 2.11 bits per heavy atom. The third kappa shape index (κ3) is 3.25. The second-order valence-corrected chi connectivity index (χ2v) is 3.90. The molecular weight excluding hydrogens is 273 g/mol. The second-order valence-electron chi connectivity index (χ2n) is 3.49. The summed E-state index contributed by atoms with van der Waals surface area (Å²) in [5.41, 5.74) is -2.93. The van der Waals surface area contributed by atoms with E-state index in [9.17, 15) is 22.8 Å². The number of alkyl halides is 3. The number of hydrogen-bond donors (Lipinski definition) is 2. The van der Waals surface area contributed by atoms with Gasteiger partial charge in [0.2, 0.25) is 0 Å². The molecule has 0 saturated carbocycles. The van der Waals surface area contributed by atoms with Crippen molar-refractivity contribution in [1.82, 2.24) is 10.3 Å². The minimum absolute atomic E-state index is 0.316. The van der Waals surface area contributed by atoms with Gasteiger partial charge in [0.25, 0.3) is 11.5 Å². The molecule has 0 saturated heterocycles. The van der Waals surface area contributed by atoms with Crippen molar-refractivity contribution in [2.45, 2.75) is 19.5 Å². The molecule has 0 aliphatic heterocycles. The van der Waals surface area contributed by atoms with Gasteiger partial charge in [0.1, 0.15) is 11.3 Å². The van der Waals surface area contributed by atoms with Crippen LogP contribution in [0.5, 0.6) is 0 Å². The molecule has 0 bridgehead atoms. The number of aromatic amines is 1. The van der Waals surface area contributed by atoms with Gasteiger partial charge in [-0.25, -0.2) is 0 Å². The number of amides is 1. The van der Waals surface area contributed by atoms with Crippen LogP contribution in [0.2, 0.25) is 5.02 Å². The number of aromatic nitrogens is 1. The predicted molar refractivity (Wildman–Crippen MR) is 59.7 cm³/mol. The molecule has 4 nitrogen and oxygen atoms in total. The number of nitrogens with one attached hydrogen (secondary N) is 2. The molecule has 1 aromatic rings. The summed E-state index contributed by atoms with van der Waals surface area (Å²) in [5.74, 6) is -0.756. The van der Waals surface area contributed by atoms with Crippen LogP contribution in [0.25, 0.3) is 0 Å². The fraction of sp³-hybridized carbons (Fsp3) is 0.400. The monoisotopic (exact) mass is 282 g/mol. The van der Waals surface area contributed by atoms with Crippen LogP contribution >= 0.6 is 11.6 Å². The Hall–Kier alpha value is -1.50. The van der Waals surface area contributed by atoms with Gasteiger partial charge < -0.3 is 10.3 Å². The van der Waals surface area contributed by atoms with E-state index in [0.29, 0.717) is 19.0 Å². The summed E-state index contributed by atoms with van der Waals surface area (Å²) in [6, 6.07) is 0.716.